The molecule has 9 nitrogen and oxygen atoms in total. The zero-order chi connectivity index (χ0) is 20.4. The van der Waals surface area contributed by atoms with E-state index in [1.165, 1.54) is 21.7 Å². The maximum atomic E-state index is 13.2. The van der Waals surface area contributed by atoms with Gasteiger partial charge in [-0.2, -0.15) is 9.50 Å². The van der Waals surface area contributed by atoms with Crippen molar-refractivity contribution in [3.8, 4) is 5.75 Å². The van der Waals surface area contributed by atoms with Gasteiger partial charge in [0.2, 0.25) is 0 Å². The lowest BCUT2D eigenvalue weighted by atomic mass is 10.2. The Morgan fingerprint density at radius 1 is 1.24 bits per heavy atom. The summed E-state index contributed by atoms with van der Waals surface area (Å²) in [7, 11) is 0. The van der Waals surface area contributed by atoms with Gasteiger partial charge in [-0.1, -0.05) is 12.1 Å². The predicted molar refractivity (Wildman–Crippen MR) is 105 cm³/mol. The van der Waals surface area contributed by atoms with Gasteiger partial charge in [0.15, 0.2) is 5.76 Å². The van der Waals surface area contributed by atoms with Crippen LogP contribution in [0.25, 0.3) is 5.78 Å². The molecule has 0 fully saturated rings. The number of carbonyl (C=O) groups excluding carboxylic acids is 1. The van der Waals surface area contributed by atoms with Crippen molar-refractivity contribution >= 4 is 17.4 Å². The van der Waals surface area contributed by atoms with Gasteiger partial charge in [0.25, 0.3) is 17.2 Å². The van der Waals surface area contributed by atoms with Gasteiger partial charge in [0.1, 0.15) is 11.6 Å². The number of carbonyl (C=O) groups is 1. The summed E-state index contributed by atoms with van der Waals surface area (Å²) in [5.74, 6) is 1.01. The third-order valence-corrected chi connectivity index (χ3v) is 4.25. The third-order valence-electron chi connectivity index (χ3n) is 4.25. The Kier molecular flexibility index (Phi) is 4.86. The highest BCUT2D eigenvalue weighted by Gasteiger charge is 2.24. The molecule has 4 aromatic rings. The number of fused-ring (bicyclic) bond motifs is 1. The van der Waals surface area contributed by atoms with E-state index in [1.54, 1.807) is 31.2 Å². The number of aromatic nitrogens is 4. The molecule has 0 aliphatic rings. The van der Waals surface area contributed by atoms with Crippen LogP contribution in [0.1, 0.15) is 29.0 Å². The van der Waals surface area contributed by atoms with Crippen molar-refractivity contribution in [2.24, 2.45) is 0 Å². The second-order valence-electron chi connectivity index (χ2n) is 6.31. The molecule has 1 N–H and O–H groups in total. The molecule has 0 spiro atoms. The minimum absolute atomic E-state index is 0.0610. The summed E-state index contributed by atoms with van der Waals surface area (Å²) in [5.41, 5.74) is 0.857. The molecule has 0 aliphatic carbocycles. The van der Waals surface area contributed by atoms with Crippen molar-refractivity contribution in [2.45, 2.75) is 20.4 Å². The number of para-hydroxylation sites is 2. The van der Waals surface area contributed by atoms with Crippen LogP contribution in [-0.4, -0.2) is 32.1 Å². The van der Waals surface area contributed by atoms with Gasteiger partial charge >= 0.3 is 0 Å². The lowest BCUT2D eigenvalue weighted by molar-refractivity contribution is 0.0957. The van der Waals surface area contributed by atoms with Crippen LogP contribution in [0, 0.1) is 6.92 Å². The maximum Gasteiger partial charge on any atom is 0.294 e. The minimum atomic E-state index is -0.362. The minimum Gasteiger partial charge on any atom is -0.492 e. The Morgan fingerprint density at radius 3 is 2.83 bits per heavy atom. The van der Waals surface area contributed by atoms with Gasteiger partial charge in [-0.3, -0.25) is 19.6 Å². The summed E-state index contributed by atoms with van der Waals surface area (Å²) >= 11 is 0. The van der Waals surface area contributed by atoms with Gasteiger partial charge in [-0.05, 0) is 38.1 Å². The largest absolute Gasteiger partial charge is 0.492 e. The molecule has 4 rings (SSSR count). The topological polar surface area (TPSA) is 106 Å². The first-order valence-electron chi connectivity index (χ1n) is 9.09. The molecular formula is C20H19N5O4. The number of aromatic amines is 1. The van der Waals surface area contributed by atoms with Crippen LogP contribution in [0.2, 0.25) is 0 Å². The summed E-state index contributed by atoms with van der Waals surface area (Å²) in [5, 5.41) is 2.91. The molecule has 0 saturated carbocycles. The summed E-state index contributed by atoms with van der Waals surface area (Å²) in [6, 6.07) is 11.9. The van der Waals surface area contributed by atoms with Crippen LogP contribution in [0.15, 0.2) is 57.9 Å². The predicted octanol–water partition coefficient (Wildman–Crippen LogP) is 2.56. The lowest BCUT2D eigenvalue weighted by Gasteiger charge is -2.23. The molecule has 148 valence electrons. The average Bonchev–Trinajstić information content (AvgIpc) is 3.36. The van der Waals surface area contributed by atoms with Crippen molar-refractivity contribution in [3.05, 3.63) is 76.4 Å². The Bertz CT molecular complexity index is 1210. The van der Waals surface area contributed by atoms with Crippen molar-refractivity contribution in [1.29, 1.82) is 0 Å². The van der Waals surface area contributed by atoms with Crippen LogP contribution < -0.4 is 15.2 Å². The fourth-order valence-corrected chi connectivity index (χ4v) is 3.01. The highest BCUT2D eigenvalue weighted by molar-refractivity contribution is 6.04. The van der Waals surface area contributed by atoms with E-state index in [9.17, 15) is 9.59 Å². The molecule has 0 aliphatic heterocycles. The van der Waals surface area contributed by atoms with Gasteiger partial charge in [0.05, 0.1) is 25.1 Å². The first kappa shape index (κ1) is 18.5. The molecule has 3 heterocycles. The number of benzene rings is 1. The molecular weight excluding hydrogens is 374 g/mol. The van der Waals surface area contributed by atoms with Crippen LogP contribution in [0.3, 0.4) is 0 Å². The van der Waals surface area contributed by atoms with Crippen molar-refractivity contribution in [1.82, 2.24) is 19.6 Å². The number of hydrogen-bond donors (Lipinski definition) is 1. The molecule has 3 aromatic heterocycles. The highest BCUT2D eigenvalue weighted by atomic mass is 16.5. The normalized spacial score (nSPS) is 11.0. The Balaban J connectivity index is 1.78. The number of anilines is 1. The van der Waals surface area contributed by atoms with E-state index in [2.05, 4.69) is 15.1 Å². The molecule has 1 amide bonds. The molecule has 9 heteroatoms. The van der Waals surface area contributed by atoms with Gasteiger partial charge in [0, 0.05) is 11.8 Å². The molecule has 29 heavy (non-hydrogen) atoms. The van der Waals surface area contributed by atoms with E-state index in [1.807, 2.05) is 19.1 Å². The van der Waals surface area contributed by atoms with Crippen molar-refractivity contribution < 1.29 is 13.9 Å². The van der Waals surface area contributed by atoms with Crippen molar-refractivity contribution in [2.75, 3.05) is 11.5 Å². The number of rotatable bonds is 6. The zero-order valence-corrected chi connectivity index (χ0v) is 16.0. The number of hydrogen-bond acceptors (Lipinski definition) is 6. The number of H-pyrrole nitrogens is 1. The highest BCUT2D eigenvalue weighted by Crippen LogP contribution is 2.30. The SMILES string of the molecule is CCOc1ccccc1N(Cc1nc2nc(C)cc(=O)n2[nH]1)C(=O)c1ccco1. The van der Waals surface area contributed by atoms with E-state index < -0.39 is 0 Å². The quantitative estimate of drug-likeness (QED) is 0.540. The monoisotopic (exact) mass is 393 g/mol. The molecule has 1 aromatic carbocycles. The second kappa shape index (κ2) is 7.63. The van der Waals surface area contributed by atoms with E-state index in [-0.39, 0.29) is 29.5 Å². The number of furan rings is 1. The lowest BCUT2D eigenvalue weighted by Crippen LogP contribution is -2.31. The second-order valence-corrected chi connectivity index (χ2v) is 6.31. The van der Waals surface area contributed by atoms with Crippen molar-refractivity contribution in [3.63, 3.8) is 0 Å². The van der Waals surface area contributed by atoms with Crippen LogP contribution in [-0.2, 0) is 6.54 Å². The molecule has 0 saturated heterocycles. The fraction of sp³-hybridized carbons (Fsp3) is 0.200. The Morgan fingerprint density at radius 2 is 2.07 bits per heavy atom. The zero-order valence-electron chi connectivity index (χ0n) is 16.0. The van der Waals surface area contributed by atoms with E-state index in [0.29, 0.717) is 29.6 Å². The van der Waals surface area contributed by atoms with Crippen LogP contribution in [0.5, 0.6) is 5.75 Å². The number of nitrogens with one attached hydrogen (secondary N) is 1. The third kappa shape index (κ3) is 3.62. The van der Waals surface area contributed by atoms with Crippen LogP contribution >= 0.6 is 0 Å². The van der Waals surface area contributed by atoms with Gasteiger partial charge < -0.3 is 9.15 Å². The molecule has 0 bridgehead atoms. The number of ether oxygens (including phenoxy) is 1. The molecule has 0 radical (unpaired) electrons. The van der Waals surface area contributed by atoms with E-state index >= 15 is 0 Å². The van der Waals surface area contributed by atoms with E-state index in [4.69, 9.17) is 9.15 Å². The number of amides is 1. The fourth-order valence-electron chi connectivity index (χ4n) is 3.01. The Hall–Kier alpha value is -3.88. The average molecular weight is 393 g/mol. The molecule has 0 unspecified atom stereocenters. The number of aryl methyl sites for hydroxylation is 1. The van der Waals surface area contributed by atoms with Crippen LogP contribution in [0.4, 0.5) is 5.69 Å². The number of nitrogens with zero attached hydrogens (tertiary/aromatic N) is 4. The standard InChI is InChI=1S/C20H19N5O4/c1-3-28-15-8-5-4-7-14(15)24(19(27)16-9-6-10-29-16)12-17-22-20-21-13(2)11-18(26)25(20)23-17/h4-11H,3,12H2,1-2H3,(H,21,22,23). The molecule has 0 atom stereocenters. The summed E-state index contributed by atoms with van der Waals surface area (Å²) in [4.78, 5) is 35.4. The van der Waals surface area contributed by atoms with E-state index in [0.717, 1.165) is 0 Å². The summed E-state index contributed by atoms with van der Waals surface area (Å²) < 4.78 is 12.2. The maximum absolute atomic E-state index is 13.2. The van der Waals surface area contributed by atoms with Gasteiger partial charge in [-0.25, -0.2) is 4.98 Å². The Labute approximate surface area is 165 Å². The first-order chi connectivity index (χ1) is 14.1. The smallest absolute Gasteiger partial charge is 0.294 e. The summed E-state index contributed by atoms with van der Waals surface area (Å²) in [6.45, 7) is 4.10. The van der Waals surface area contributed by atoms with Gasteiger partial charge in [-0.15, -0.1) is 0 Å². The first-order valence-corrected chi connectivity index (χ1v) is 9.09. The summed E-state index contributed by atoms with van der Waals surface area (Å²) in [6.07, 6.45) is 1.44.